The predicted octanol–water partition coefficient (Wildman–Crippen LogP) is 0.672. The second-order valence-corrected chi connectivity index (χ2v) is 5.86. The largest absolute Gasteiger partial charge is 0.390 e. The van der Waals surface area contributed by atoms with Gasteiger partial charge in [-0.2, -0.15) is 5.10 Å². The van der Waals surface area contributed by atoms with Gasteiger partial charge >= 0.3 is 0 Å². The van der Waals surface area contributed by atoms with Crippen LogP contribution in [0.4, 0.5) is 0 Å². The number of aliphatic hydroxyl groups excluding tert-OH is 2. The average molecular weight is 285 g/mol. The first kappa shape index (κ1) is 15.2. The number of rotatable bonds is 4. The Balaban J connectivity index is 1.81. The summed E-state index contributed by atoms with van der Waals surface area (Å²) < 4.78 is 0. The topological polar surface area (TPSA) is 108 Å². The van der Waals surface area contributed by atoms with Crippen molar-refractivity contribution in [3.63, 3.8) is 0 Å². The Kier molecular flexibility index (Phi) is 5.31. The maximum absolute atomic E-state index is 11.0. The van der Waals surface area contributed by atoms with Gasteiger partial charge in [0.15, 0.2) is 0 Å². The first-order valence-electron chi connectivity index (χ1n) is 7.36. The van der Waals surface area contributed by atoms with E-state index in [1.165, 1.54) is 0 Å². The van der Waals surface area contributed by atoms with Crippen molar-refractivity contribution in [3.8, 4) is 0 Å². The number of nitrogens with zero attached hydrogens (tertiary/aromatic N) is 2. The quantitative estimate of drug-likeness (QED) is 0.400. The second-order valence-electron chi connectivity index (χ2n) is 5.86. The van der Waals surface area contributed by atoms with Crippen LogP contribution in [-0.4, -0.2) is 45.6 Å². The van der Waals surface area contributed by atoms with E-state index in [1.54, 1.807) is 6.21 Å². The molecule has 0 amide bonds. The molecule has 0 aromatic rings. The summed E-state index contributed by atoms with van der Waals surface area (Å²) in [7, 11) is 0. The Bertz CT molecular complexity index is 364. The summed E-state index contributed by atoms with van der Waals surface area (Å²) >= 11 is 0. The van der Waals surface area contributed by atoms with E-state index < -0.39 is 18.2 Å². The Morgan fingerprint density at radius 1 is 1.15 bits per heavy atom. The zero-order valence-corrected chi connectivity index (χ0v) is 11.5. The number of nitrogens with one attached hydrogen (secondary N) is 1. The molecule has 0 aromatic carbocycles. The zero-order valence-electron chi connectivity index (χ0n) is 11.5. The lowest BCUT2D eigenvalue weighted by molar-refractivity contribution is -0.530. The molecule has 2 fully saturated rings. The average Bonchev–Trinajstić information content (AvgIpc) is 2.43. The molecular formula is C13H23N3O4. The zero-order chi connectivity index (χ0) is 14.5. The van der Waals surface area contributed by atoms with E-state index in [0.717, 1.165) is 25.7 Å². The standard InChI is InChI=1S/C13H23N3O4/c17-12-6-5-9(7-13(12)18)8-14-15-10-3-1-2-4-11(10)16(19)20/h8-13,15,17-18H,1-7H2/b14-8+. The van der Waals surface area contributed by atoms with Gasteiger partial charge < -0.3 is 15.6 Å². The Morgan fingerprint density at radius 2 is 1.90 bits per heavy atom. The minimum atomic E-state index is -0.693. The van der Waals surface area contributed by atoms with Crippen molar-refractivity contribution in [1.29, 1.82) is 0 Å². The van der Waals surface area contributed by atoms with Gasteiger partial charge in [-0.3, -0.25) is 10.1 Å². The molecule has 0 bridgehead atoms. The third-order valence-electron chi connectivity index (χ3n) is 4.35. The van der Waals surface area contributed by atoms with Gasteiger partial charge in [0.05, 0.1) is 12.2 Å². The van der Waals surface area contributed by atoms with Gasteiger partial charge in [-0.25, -0.2) is 0 Å². The molecule has 2 saturated carbocycles. The van der Waals surface area contributed by atoms with Crippen LogP contribution in [0.25, 0.3) is 0 Å². The van der Waals surface area contributed by atoms with Crippen LogP contribution < -0.4 is 5.43 Å². The summed E-state index contributed by atoms with van der Waals surface area (Å²) in [4.78, 5) is 10.7. The van der Waals surface area contributed by atoms with Gasteiger partial charge in [-0.1, -0.05) is 6.42 Å². The number of nitro groups is 1. The number of hydrogen-bond donors (Lipinski definition) is 3. The lowest BCUT2D eigenvalue weighted by atomic mass is 9.86. The van der Waals surface area contributed by atoms with E-state index in [1.807, 2.05) is 0 Å². The van der Waals surface area contributed by atoms with Crippen LogP contribution in [0.1, 0.15) is 44.9 Å². The molecule has 2 aliphatic rings. The molecule has 7 nitrogen and oxygen atoms in total. The third-order valence-corrected chi connectivity index (χ3v) is 4.35. The fraction of sp³-hybridized carbons (Fsp3) is 0.923. The van der Waals surface area contributed by atoms with Gasteiger partial charge in [0.25, 0.3) is 0 Å². The van der Waals surface area contributed by atoms with E-state index in [4.69, 9.17) is 0 Å². The second kappa shape index (κ2) is 6.99. The molecule has 0 spiro atoms. The molecule has 7 heteroatoms. The summed E-state index contributed by atoms with van der Waals surface area (Å²) in [6.07, 6.45) is 5.52. The monoisotopic (exact) mass is 285 g/mol. The van der Waals surface area contributed by atoms with E-state index in [9.17, 15) is 20.3 Å². The summed E-state index contributed by atoms with van der Waals surface area (Å²) in [6.45, 7) is 0. The van der Waals surface area contributed by atoms with Crippen molar-refractivity contribution in [2.45, 2.75) is 69.2 Å². The lowest BCUT2D eigenvalue weighted by Crippen LogP contribution is -2.44. The minimum Gasteiger partial charge on any atom is -0.390 e. The highest BCUT2D eigenvalue weighted by Crippen LogP contribution is 2.24. The van der Waals surface area contributed by atoms with Crippen molar-refractivity contribution in [2.24, 2.45) is 11.0 Å². The number of hydrogen-bond acceptors (Lipinski definition) is 6. The summed E-state index contributed by atoms with van der Waals surface area (Å²) in [6, 6.07) is -0.756. The Morgan fingerprint density at radius 3 is 2.60 bits per heavy atom. The van der Waals surface area contributed by atoms with Crippen LogP contribution in [0, 0.1) is 16.0 Å². The molecule has 0 aliphatic heterocycles. The van der Waals surface area contributed by atoms with Crippen molar-refractivity contribution in [2.75, 3.05) is 0 Å². The van der Waals surface area contributed by atoms with Gasteiger partial charge in [0, 0.05) is 17.6 Å². The van der Waals surface area contributed by atoms with E-state index in [2.05, 4.69) is 10.5 Å². The summed E-state index contributed by atoms with van der Waals surface area (Å²) in [5.41, 5.74) is 2.91. The molecule has 114 valence electrons. The highest BCUT2D eigenvalue weighted by atomic mass is 16.6. The van der Waals surface area contributed by atoms with Gasteiger partial charge in [-0.05, 0) is 38.0 Å². The van der Waals surface area contributed by atoms with Crippen LogP contribution in [0.2, 0.25) is 0 Å². The van der Waals surface area contributed by atoms with Crippen molar-refractivity contribution in [1.82, 2.24) is 5.43 Å². The molecule has 0 radical (unpaired) electrons. The molecule has 20 heavy (non-hydrogen) atoms. The van der Waals surface area contributed by atoms with Crippen molar-refractivity contribution < 1.29 is 15.1 Å². The van der Waals surface area contributed by atoms with Crippen molar-refractivity contribution in [3.05, 3.63) is 10.1 Å². The maximum Gasteiger partial charge on any atom is 0.234 e. The molecule has 5 unspecified atom stereocenters. The fourth-order valence-electron chi connectivity index (χ4n) is 3.06. The maximum atomic E-state index is 11.0. The normalized spacial score (nSPS) is 38.8. The van der Waals surface area contributed by atoms with Crippen LogP contribution in [0.5, 0.6) is 0 Å². The minimum absolute atomic E-state index is 0.124. The third kappa shape index (κ3) is 3.89. The van der Waals surface area contributed by atoms with E-state index in [0.29, 0.717) is 19.3 Å². The molecular weight excluding hydrogens is 262 g/mol. The first-order valence-corrected chi connectivity index (χ1v) is 7.36. The van der Waals surface area contributed by atoms with E-state index in [-0.39, 0.29) is 16.9 Å². The molecule has 0 heterocycles. The summed E-state index contributed by atoms with van der Waals surface area (Å²) in [5, 5.41) is 34.1. The summed E-state index contributed by atoms with van der Waals surface area (Å²) in [5.74, 6) is 0.124. The van der Waals surface area contributed by atoms with Crippen molar-refractivity contribution >= 4 is 6.21 Å². The molecule has 0 saturated heterocycles. The molecule has 5 atom stereocenters. The fourth-order valence-corrected chi connectivity index (χ4v) is 3.06. The van der Waals surface area contributed by atoms with Crippen LogP contribution >= 0.6 is 0 Å². The molecule has 2 aliphatic carbocycles. The molecule has 3 N–H and O–H groups in total. The van der Waals surface area contributed by atoms with Gasteiger partial charge in [0.2, 0.25) is 6.04 Å². The number of aliphatic hydroxyl groups is 2. The Labute approximate surface area is 118 Å². The highest BCUT2D eigenvalue weighted by Gasteiger charge is 2.34. The van der Waals surface area contributed by atoms with Crippen LogP contribution in [0.15, 0.2) is 5.10 Å². The van der Waals surface area contributed by atoms with Crippen LogP contribution in [-0.2, 0) is 0 Å². The SMILES string of the molecule is O=[N+]([O-])C1CCCCC1N/N=C/C1CCC(O)C(O)C1. The van der Waals surface area contributed by atoms with Gasteiger partial charge in [-0.15, -0.1) is 0 Å². The van der Waals surface area contributed by atoms with Gasteiger partial charge in [0.1, 0.15) is 6.04 Å². The Hall–Kier alpha value is -1.21. The van der Waals surface area contributed by atoms with E-state index >= 15 is 0 Å². The van der Waals surface area contributed by atoms with Crippen LogP contribution in [0.3, 0.4) is 0 Å². The lowest BCUT2D eigenvalue weighted by Gasteiger charge is -2.28. The highest BCUT2D eigenvalue weighted by molar-refractivity contribution is 5.60. The smallest absolute Gasteiger partial charge is 0.234 e. The molecule has 2 rings (SSSR count). The molecule has 0 aromatic heterocycles. The predicted molar refractivity (Wildman–Crippen MR) is 74.0 cm³/mol. The number of hydrazone groups is 1. The first-order chi connectivity index (χ1) is 9.58.